The Bertz CT molecular complexity index is 2200. The van der Waals surface area contributed by atoms with Crippen LogP contribution < -0.4 is 0 Å². The Hall–Kier alpha value is -5.93. The highest BCUT2D eigenvalue weighted by atomic mass is 14.9. The Morgan fingerprint density at radius 3 is 1.50 bits per heavy atom. The van der Waals surface area contributed by atoms with E-state index in [4.69, 9.17) is 15.0 Å². The van der Waals surface area contributed by atoms with Gasteiger partial charge in [-0.25, -0.2) is 15.0 Å². The van der Waals surface area contributed by atoms with Gasteiger partial charge in [-0.05, 0) is 46.2 Å². The molecule has 0 aliphatic heterocycles. The van der Waals surface area contributed by atoms with Gasteiger partial charge in [0.25, 0.3) is 0 Å². The Balaban J connectivity index is 1.35. The van der Waals surface area contributed by atoms with Gasteiger partial charge in [0.15, 0.2) is 5.82 Å². The average molecular weight is 562 g/mol. The maximum Gasteiger partial charge on any atom is 0.160 e. The predicted molar refractivity (Wildman–Crippen MR) is 182 cm³/mol. The van der Waals surface area contributed by atoms with E-state index in [0.29, 0.717) is 5.82 Å². The van der Waals surface area contributed by atoms with Gasteiger partial charge in [0.1, 0.15) is 0 Å². The van der Waals surface area contributed by atoms with Crippen molar-refractivity contribution >= 4 is 21.7 Å². The minimum absolute atomic E-state index is 0.693. The first-order valence-electron chi connectivity index (χ1n) is 14.8. The van der Waals surface area contributed by atoms with Crippen molar-refractivity contribution < 1.29 is 0 Å². The van der Waals surface area contributed by atoms with Gasteiger partial charge in [-0.2, -0.15) is 0 Å². The molecular weight excluding hydrogens is 534 g/mol. The second-order valence-electron chi connectivity index (χ2n) is 10.9. The number of benzene rings is 6. The molecule has 0 aliphatic carbocycles. The van der Waals surface area contributed by atoms with E-state index < -0.39 is 0 Å². The van der Waals surface area contributed by atoms with E-state index in [1.807, 2.05) is 42.5 Å². The van der Waals surface area contributed by atoms with Crippen LogP contribution in [0.4, 0.5) is 0 Å². The van der Waals surface area contributed by atoms with E-state index in [1.165, 1.54) is 10.8 Å². The summed E-state index contributed by atoms with van der Waals surface area (Å²) in [5, 5.41) is 3.52. The van der Waals surface area contributed by atoms with Crippen LogP contribution in [0, 0.1) is 0 Å². The molecule has 8 aromatic rings. The summed E-state index contributed by atoms with van der Waals surface area (Å²) >= 11 is 0. The maximum atomic E-state index is 5.13. The van der Waals surface area contributed by atoms with Gasteiger partial charge in [-0.15, -0.1) is 0 Å². The lowest BCUT2D eigenvalue weighted by molar-refractivity contribution is 1.18. The molecule has 0 atom stereocenters. The molecule has 2 aromatic heterocycles. The summed E-state index contributed by atoms with van der Waals surface area (Å²) in [6, 6.07) is 56.7. The number of rotatable bonds is 5. The molecule has 206 valence electrons. The molecule has 3 nitrogen and oxygen atoms in total. The lowest BCUT2D eigenvalue weighted by Gasteiger charge is -2.14. The molecule has 0 amide bonds. The quantitative estimate of drug-likeness (QED) is 0.196. The zero-order valence-corrected chi connectivity index (χ0v) is 23.9. The monoisotopic (exact) mass is 561 g/mol. The first kappa shape index (κ1) is 25.8. The summed E-state index contributed by atoms with van der Waals surface area (Å²) in [5.41, 5.74) is 10.1. The van der Waals surface area contributed by atoms with Gasteiger partial charge >= 0.3 is 0 Å². The fourth-order valence-electron chi connectivity index (χ4n) is 5.91. The highest BCUT2D eigenvalue weighted by molar-refractivity contribution is 6.14. The average Bonchev–Trinajstić information content (AvgIpc) is 3.12. The van der Waals surface area contributed by atoms with E-state index in [2.05, 4.69) is 121 Å². The summed E-state index contributed by atoms with van der Waals surface area (Å²) in [4.78, 5) is 15.3. The SMILES string of the molecule is c1ccc(-c2cc(-c3ccccc3)nc(-c3cccc(-c4cc(-c5ccccc5)nc5ccc6ccccc6c45)c3)n2)cc1. The number of hydrogen-bond donors (Lipinski definition) is 0. The molecule has 0 aliphatic rings. The van der Waals surface area contributed by atoms with Crippen LogP contribution in [-0.2, 0) is 0 Å². The molecule has 0 fully saturated rings. The summed E-state index contributed by atoms with van der Waals surface area (Å²) in [6.45, 7) is 0. The first-order valence-corrected chi connectivity index (χ1v) is 14.8. The third kappa shape index (κ3) is 4.81. The van der Waals surface area contributed by atoms with Crippen LogP contribution in [0.15, 0.2) is 164 Å². The van der Waals surface area contributed by atoms with Crippen molar-refractivity contribution in [3.63, 3.8) is 0 Å². The molecule has 0 bridgehead atoms. The van der Waals surface area contributed by atoms with Gasteiger partial charge in [-0.3, -0.25) is 0 Å². The smallest absolute Gasteiger partial charge is 0.160 e. The number of nitrogens with zero attached hydrogens (tertiary/aromatic N) is 3. The summed E-state index contributed by atoms with van der Waals surface area (Å²) < 4.78 is 0. The van der Waals surface area contributed by atoms with Crippen molar-refractivity contribution in [3.8, 4) is 56.3 Å². The number of hydrogen-bond acceptors (Lipinski definition) is 3. The Labute approximate surface area is 256 Å². The maximum absolute atomic E-state index is 5.13. The van der Waals surface area contributed by atoms with E-state index in [0.717, 1.165) is 61.4 Å². The van der Waals surface area contributed by atoms with E-state index in [1.54, 1.807) is 0 Å². The minimum Gasteiger partial charge on any atom is -0.248 e. The second-order valence-corrected chi connectivity index (χ2v) is 10.9. The lowest BCUT2D eigenvalue weighted by Crippen LogP contribution is -1.96. The van der Waals surface area contributed by atoms with E-state index >= 15 is 0 Å². The molecule has 3 heteroatoms. The highest BCUT2D eigenvalue weighted by Crippen LogP contribution is 2.38. The van der Waals surface area contributed by atoms with Crippen molar-refractivity contribution in [1.82, 2.24) is 15.0 Å². The topological polar surface area (TPSA) is 38.7 Å². The second kappa shape index (κ2) is 11.0. The normalized spacial score (nSPS) is 11.2. The molecular formula is C41H27N3. The van der Waals surface area contributed by atoms with Gasteiger partial charge in [-0.1, -0.05) is 140 Å². The standard InChI is InChI=1S/C41H27N3/c1-4-14-29(15-5-1)37-26-35(40-34-22-11-10-13-28(34)23-24-36(40)42-37)32-20-12-21-33(25-32)41-43-38(30-16-6-2-7-17-30)27-39(44-41)31-18-8-3-9-19-31/h1-27H. The molecule has 0 unspecified atom stereocenters. The molecule has 2 heterocycles. The molecule has 0 N–H and O–H groups in total. The predicted octanol–water partition coefficient (Wildman–Crippen LogP) is 10.5. The fraction of sp³-hybridized carbons (Fsp3) is 0. The lowest BCUT2D eigenvalue weighted by atomic mass is 9.93. The summed E-state index contributed by atoms with van der Waals surface area (Å²) in [5.74, 6) is 0.693. The highest BCUT2D eigenvalue weighted by Gasteiger charge is 2.15. The Kier molecular flexibility index (Phi) is 6.47. The van der Waals surface area contributed by atoms with Crippen molar-refractivity contribution in [2.24, 2.45) is 0 Å². The zero-order valence-electron chi connectivity index (χ0n) is 23.9. The van der Waals surface area contributed by atoms with Crippen LogP contribution in [0.3, 0.4) is 0 Å². The molecule has 44 heavy (non-hydrogen) atoms. The Morgan fingerprint density at radius 1 is 0.341 bits per heavy atom. The van der Waals surface area contributed by atoms with Gasteiger partial charge in [0, 0.05) is 27.6 Å². The van der Waals surface area contributed by atoms with Crippen molar-refractivity contribution in [2.75, 3.05) is 0 Å². The largest absolute Gasteiger partial charge is 0.248 e. The van der Waals surface area contributed by atoms with Crippen molar-refractivity contribution in [2.45, 2.75) is 0 Å². The van der Waals surface area contributed by atoms with Crippen molar-refractivity contribution in [1.29, 1.82) is 0 Å². The van der Waals surface area contributed by atoms with Crippen LogP contribution in [0.1, 0.15) is 0 Å². The molecule has 0 spiro atoms. The third-order valence-corrected chi connectivity index (χ3v) is 8.06. The number of aromatic nitrogens is 3. The third-order valence-electron chi connectivity index (χ3n) is 8.06. The van der Waals surface area contributed by atoms with Gasteiger partial charge in [0.05, 0.1) is 22.6 Å². The number of pyridine rings is 1. The van der Waals surface area contributed by atoms with Crippen LogP contribution in [0.25, 0.3) is 78.0 Å². The Morgan fingerprint density at radius 2 is 0.864 bits per heavy atom. The van der Waals surface area contributed by atoms with E-state index in [-0.39, 0.29) is 0 Å². The fourth-order valence-corrected chi connectivity index (χ4v) is 5.91. The van der Waals surface area contributed by atoms with E-state index in [9.17, 15) is 0 Å². The molecule has 0 radical (unpaired) electrons. The first-order chi connectivity index (χ1) is 21.8. The zero-order chi connectivity index (χ0) is 29.3. The number of fused-ring (bicyclic) bond motifs is 3. The van der Waals surface area contributed by atoms with Gasteiger partial charge in [0.2, 0.25) is 0 Å². The van der Waals surface area contributed by atoms with Crippen LogP contribution >= 0.6 is 0 Å². The van der Waals surface area contributed by atoms with Crippen LogP contribution in [0.5, 0.6) is 0 Å². The molecule has 6 aromatic carbocycles. The summed E-state index contributed by atoms with van der Waals surface area (Å²) in [6.07, 6.45) is 0. The molecule has 8 rings (SSSR count). The minimum atomic E-state index is 0.693. The van der Waals surface area contributed by atoms with Crippen LogP contribution in [-0.4, -0.2) is 15.0 Å². The van der Waals surface area contributed by atoms with Gasteiger partial charge < -0.3 is 0 Å². The van der Waals surface area contributed by atoms with Crippen LogP contribution in [0.2, 0.25) is 0 Å². The molecule has 0 saturated carbocycles. The summed E-state index contributed by atoms with van der Waals surface area (Å²) in [7, 11) is 0. The molecule has 0 saturated heterocycles. The van der Waals surface area contributed by atoms with Crippen molar-refractivity contribution in [3.05, 3.63) is 164 Å².